The fourth-order valence-corrected chi connectivity index (χ4v) is 2.00. The number of aryl methyl sites for hydroxylation is 1. The molecule has 0 atom stereocenters. The minimum absolute atomic E-state index is 0.263. The average Bonchev–Trinajstić information content (AvgIpc) is 2.41. The molecule has 2 aromatic rings. The van der Waals surface area contributed by atoms with E-state index >= 15 is 0 Å². The monoisotopic (exact) mass is 323 g/mol. The van der Waals surface area contributed by atoms with Gasteiger partial charge >= 0.3 is 0 Å². The van der Waals surface area contributed by atoms with Gasteiger partial charge in [-0.1, -0.05) is 22.0 Å². The van der Waals surface area contributed by atoms with Gasteiger partial charge in [0, 0.05) is 28.3 Å². The Bertz CT molecular complexity index is 586. The second-order valence-electron chi connectivity index (χ2n) is 4.27. The van der Waals surface area contributed by atoms with Gasteiger partial charge in [-0.15, -0.1) is 0 Å². The SMILES string of the molecule is COc1ccc(CNc2ccc(Br)c(C)c2)c(F)c1. The zero-order chi connectivity index (χ0) is 13.8. The molecule has 2 rings (SSSR count). The van der Waals surface area contributed by atoms with Crippen molar-refractivity contribution in [2.75, 3.05) is 12.4 Å². The van der Waals surface area contributed by atoms with Crippen molar-refractivity contribution in [3.8, 4) is 5.75 Å². The van der Waals surface area contributed by atoms with Gasteiger partial charge in [0.2, 0.25) is 0 Å². The normalized spacial score (nSPS) is 10.3. The van der Waals surface area contributed by atoms with Gasteiger partial charge in [-0.25, -0.2) is 4.39 Å². The number of benzene rings is 2. The molecule has 0 aliphatic rings. The summed E-state index contributed by atoms with van der Waals surface area (Å²) in [4.78, 5) is 0. The number of anilines is 1. The quantitative estimate of drug-likeness (QED) is 0.893. The number of ether oxygens (including phenoxy) is 1. The lowest BCUT2D eigenvalue weighted by Crippen LogP contribution is -2.02. The summed E-state index contributed by atoms with van der Waals surface area (Å²) < 4.78 is 19.8. The van der Waals surface area contributed by atoms with Gasteiger partial charge in [-0.2, -0.15) is 0 Å². The van der Waals surface area contributed by atoms with Crippen LogP contribution in [0.2, 0.25) is 0 Å². The summed E-state index contributed by atoms with van der Waals surface area (Å²) in [5.41, 5.74) is 2.72. The lowest BCUT2D eigenvalue weighted by Gasteiger charge is -2.10. The van der Waals surface area contributed by atoms with Crippen LogP contribution >= 0.6 is 15.9 Å². The highest BCUT2D eigenvalue weighted by Gasteiger charge is 2.04. The zero-order valence-corrected chi connectivity index (χ0v) is 12.4. The van der Waals surface area contributed by atoms with Crippen molar-refractivity contribution in [3.05, 3.63) is 57.8 Å². The first-order valence-electron chi connectivity index (χ1n) is 5.92. The maximum Gasteiger partial charge on any atom is 0.131 e. The standard InChI is InChI=1S/C15H15BrFNO/c1-10-7-12(4-6-14(10)16)18-9-11-3-5-13(19-2)8-15(11)17/h3-8,18H,9H2,1-2H3. The summed E-state index contributed by atoms with van der Waals surface area (Å²) in [5, 5.41) is 3.21. The van der Waals surface area contributed by atoms with Crippen molar-refractivity contribution in [1.29, 1.82) is 0 Å². The maximum atomic E-state index is 13.8. The molecule has 1 N–H and O–H groups in total. The van der Waals surface area contributed by atoms with E-state index in [0.717, 1.165) is 15.7 Å². The predicted octanol–water partition coefficient (Wildman–Crippen LogP) is 4.52. The van der Waals surface area contributed by atoms with E-state index in [1.165, 1.54) is 13.2 Å². The van der Waals surface area contributed by atoms with Crippen molar-refractivity contribution >= 4 is 21.6 Å². The Labute approximate surface area is 120 Å². The Kier molecular flexibility index (Phi) is 4.43. The Hall–Kier alpha value is -1.55. The first kappa shape index (κ1) is 13.9. The van der Waals surface area contributed by atoms with Gasteiger partial charge in [0.1, 0.15) is 11.6 Å². The van der Waals surface area contributed by atoms with Crippen molar-refractivity contribution in [1.82, 2.24) is 0 Å². The molecule has 2 aromatic carbocycles. The fourth-order valence-electron chi connectivity index (χ4n) is 1.75. The molecule has 4 heteroatoms. The van der Waals surface area contributed by atoms with Crippen LogP contribution in [0, 0.1) is 12.7 Å². The number of nitrogens with one attached hydrogen (secondary N) is 1. The molecule has 0 fully saturated rings. The molecule has 0 unspecified atom stereocenters. The third-order valence-electron chi connectivity index (χ3n) is 2.90. The average molecular weight is 324 g/mol. The van der Waals surface area contributed by atoms with Crippen LogP contribution in [0.1, 0.15) is 11.1 Å². The molecular formula is C15H15BrFNO. The number of hydrogen-bond acceptors (Lipinski definition) is 2. The summed E-state index contributed by atoms with van der Waals surface area (Å²) in [6.07, 6.45) is 0. The number of methoxy groups -OCH3 is 1. The third-order valence-corrected chi connectivity index (χ3v) is 3.79. The maximum absolute atomic E-state index is 13.8. The minimum Gasteiger partial charge on any atom is -0.497 e. The number of hydrogen-bond donors (Lipinski definition) is 1. The molecule has 100 valence electrons. The van der Waals surface area contributed by atoms with E-state index in [1.54, 1.807) is 12.1 Å². The second-order valence-corrected chi connectivity index (χ2v) is 5.13. The highest BCUT2D eigenvalue weighted by Crippen LogP contribution is 2.21. The van der Waals surface area contributed by atoms with E-state index in [4.69, 9.17) is 4.74 Å². The van der Waals surface area contributed by atoms with Gasteiger partial charge < -0.3 is 10.1 Å². The van der Waals surface area contributed by atoms with Gasteiger partial charge in [-0.3, -0.25) is 0 Å². The lowest BCUT2D eigenvalue weighted by atomic mass is 10.2. The molecule has 0 saturated heterocycles. The Balaban J connectivity index is 2.07. The molecule has 19 heavy (non-hydrogen) atoms. The van der Waals surface area contributed by atoms with Crippen LogP contribution in [-0.4, -0.2) is 7.11 Å². The molecule has 0 bridgehead atoms. The summed E-state index contributed by atoms with van der Waals surface area (Å²) in [6, 6.07) is 10.8. The second kappa shape index (κ2) is 6.06. The lowest BCUT2D eigenvalue weighted by molar-refractivity contribution is 0.411. The Morgan fingerprint density at radius 1 is 1.21 bits per heavy atom. The van der Waals surface area contributed by atoms with Crippen molar-refractivity contribution in [2.45, 2.75) is 13.5 Å². The van der Waals surface area contributed by atoms with Crippen LogP contribution in [0.15, 0.2) is 40.9 Å². The van der Waals surface area contributed by atoms with E-state index < -0.39 is 0 Å². The molecule has 0 saturated carbocycles. The van der Waals surface area contributed by atoms with Crippen LogP contribution in [0.4, 0.5) is 10.1 Å². The molecule has 0 radical (unpaired) electrons. The van der Waals surface area contributed by atoms with E-state index in [1.807, 2.05) is 25.1 Å². The molecular weight excluding hydrogens is 309 g/mol. The summed E-state index contributed by atoms with van der Waals surface area (Å²) in [6.45, 7) is 2.46. The van der Waals surface area contributed by atoms with Crippen molar-refractivity contribution < 1.29 is 9.13 Å². The van der Waals surface area contributed by atoms with E-state index in [0.29, 0.717) is 17.9 Å². The number of halogens is 2. The highest BCUT2D eigenvalue weighted by atomic mass is 79.9. The largest absolute Gasteiger partial charge is 0.497 e. The zero-order valence-electron chi connectivity index (χ0n) is 10.8. The molecule has 0 heterocycles. The predicted molar refractivity (Wildman–Crippen MR) is 79.2 cm³/mol. The van der Waals surface area contributed by atoms with E-state index in [2.05, 4.69) is 21.2 Å². The van der Waals surface area contributed by atoms with Gasteiger partial charge in [-0.05, 0) is 36.8 Å². The van der Waals surface area contributed by atoms with Crippen molar-refractivity contribution in [3.63, 3.8) is 0 Å². The molecule has 0 aromatic heterocycles. The van der Waals surface area contributed by atoms with E-state index in [9.17, 15) is 4.39 Å². The Morgan fingerprint density at radius 3 is 2.63 bits per heavy atom. The fraction of sp³-hybridized carbons (Fsp3) is 0.200. The van der Waals surface area contributed by atoms with Crippen molar-refractivity contribution in [2.24, 2.45) is 0 Å². The first-order valence-corrected chi connectivity index (χ1v) is 6.72. The first-order chi connectivity index (χ1) is 9.10. The topological polar surface area (TPSA) is 21.3 Å². The minimum atomic E-state index is -0.263. The van der Waals surface area contributed by atoms with Crippen LogP contribution in [0.25, 0.3) is 0 Å². The summed E-state index contributed by atoms with van der Waals surface area (Å²) in [5.74, 6) is 0.265. The summed E-state index contributed by atoms with van der Waals surface area (Å²) >= 11 is 3.45. The van der Waals surface area contributed by atoms with Crippen LogP contribution in [0.5, 0.6) is 5.75 Å². The van der Waals surface area contributed by atoms with Crippen LogP contribution < -0.4 is 10.1 Å². The number of rotatable bonds is 4. The highest BCUT2D eigenvalue weighted by molar-refractivity contribution is 9.10. The van der Waals surface area contributed by atoms with Crippen LogP contribution in [0.3, 0.4) is 0 Å². The molecule has 2 nitrogen and oxygen atoms in total. The molecule has 0 amide bonds. The van der Waals surface area contributed by atoms with Gasteiger partial charge in [0.25, 0.3) is 0 Å². The Morgan fingerprint density at radius 2 is 2.00 bits per heavy atom. The van der Waals surface area contributed by atoms with Gasteiger partial charge in [0.05, 0.1) is 7.11 Å². The van der Waals surface area contributed by atoms with E-state index in [-0.39, 0.29) is 5.82 Å². The smallest absolute Gasteiger partial charge is 0.131 e. The van der Waals surface area contributed by atoms with Gasteiger partial charge in [0.15, 0.2) is 0 Å². The third kappa shape index (κ3) is 3.47. The molecule has 0 spiro atoms. The molecule has 0 aliphatic heterocycles. The molecule has 0 aliphatic carbocycles. The van der Waals surface area contributed by atoms with Crippen LogP contribution in [-0.2, 0) is 6.54 Å². The summed E-state index contributed by atoms with van der Waals surface area (Å²) in [7, 11) is 1.53.